The molecule has 0 bridgehead atoms. The number of aromatic amines is 1. The molecule has 0 spiro atoms. The van der Waals surface area contributed by atoms with Gasteiger partial charge in [-0.05, 0) is 18.2 Å². The van der Waals surface area contributed by atoms with E-state index in [2.05, 4.69) is 20.3 Å². The van der Waals surface area contributed by atoms with Crippen LogP contribution in [0.4, 0.5) is 5.69 Å². The molecular weight excluding hydrogens is 352 g/mol. The van der Waals surface area contributed by atoms with Crippen LogP contribution in [0, 0.1) is 0 Å². The number of carbonyl (C=O) groups is 1. The number of amides is 1. The molecule has 1 aliphatic heterocycles. The average Bonchev–Trinajstić information content (AvgIpc) is 3.18. The van der Waals surface area contributed by atoms with Gasteiger partial charge in [-0.1, -0.05) is 23.4 Å². The first kappa shape index (κ1) is 15.1. The van der Waals surface area contributed by atoms with Gasteiger partial charge in [0.1, 0.15) is 0 Å². The van der Waals surface area contributed by atoms with Gasteiger partial charge in [-0.25, -0.2) is 9.97 Å². The fraction of sp³-hybridized carbons (Fsp3) is 0.133. The third kappa shape index (κ3) is 3.10. The van der Waals surface area contributed by atoms with Gasteiger partial charge in [-0.2, -0.15) is 0 Å². The maximum atomic E-state index is 12.1. The van der Waals surface area contributed by atoms with Crippen molar-refractivity contribution in [1.82, 2.24) is 15.0 Å². The van der Waals surface area contributed by atoms with Gasteiger partial charge in [0.2, 0.25) is 12.7 Å². The van der Waals surface area contributed by atoms with Crippen molar-refractivity contribution in [3.63, 3.8) is 0 Å². The predicted octanol–water partition coefficient (Wildman–Crippen LogP) is 3.07. The molecule has 3 heterocycles. The van der Waals surface area contributed by atoms with Gasteiger partial charge in [0.05, 0.1) is 16.3 Å². The molecule has 4 rings (SSSR count). The maximum absolute atomic E-state index is 12.1. The highest BCUT2D eigenvalue weighted by molar-refractivity contribution is 7.99. The normalized spacial score (nSPS) is 12.5. The van der Waals surface area contributed by atoms with Crippen molar-refractivity contribution < 1.29 is 14.3 Å². The van der Waals surface area contributed by atoms with Gasteiger partial charge in [0, 0.05) is 18.0 Å². The van der Waals surface area contributed by atoms with Crippen LogP contribution in [0.3, 0.4) is 0 Å². The summed E-state index contributed by atoms with van der Waals surface area (Å²) in [6, 6.07) is 7.01. The topological polar surface area (TPSA) is 89.1 Å². The van der Waals surface area contributed by atoms with Crippen molar-refractivity contribution in [1.29, 1.82) is 0 Å². The smallest absolute Gasteiger partial charge is 0.234 e. The third-order valence-electron chi connectivity index (χ3n) is 3.28. The molecular formula is C15H11ClN4O3S. The second kappa shape index (κ2) is 6.21. The van der Waals surface area contributed by atoms with Crippen LogP contribution < -0.4 is 14.8 Å². The Hall–Kier alpha value is -2.45. The van der Waals surface area contributed by atoms with Crippen molar-refractivity contribution in [2.75, 3.05) is 17.9 Å². The van der Waals surface area contributed by atoms with E-state index in [1.54, 1.807) is 24.3 Å². The van der Waals surface area contributed by atoms with Crippen LogP contribution in [0.25, 0.3) is 11.2 Å². The van der Waals surface area contributed by atoms with Crippen LogP contribution in [0.5, 0.6) is 11.5 Å². The van der Waals surface area contributed by atoms with Gasteiger partial charge in [0.25, 0.3) is 0 Å². The van der Waals surface area contributed by atoms with Gasteiger partial charge in [-0.15, -0.1) is 0 Å². The summed E-state index contributed by atoms with van der Waals surface area (Å²) in [7, 11) is 0. The second-order valence-electron chi connectivity index (χ2n) is 4.97. The van der Waals surface area contributed by atoms with Crippen molar-refractivity contribution in [3.05, 3.63) is 35.5 Å². The number of aromatic nitrogens is 3. The molecule has 0 atom stereocenters. The standard InChI is InChI=1S/C15H11ClN4O3S/c16-8-3-10-14(17-5-8)20-15(19-10)24-6-13(21)18-9-1-2-11-12(4-9)23-7-22-11/h1-5H,6-7H2,(H,18,21)(H,17,19,20). The number of H-pyrrole nitrogens is 1. The molecule has 1 aromatic carbocycles. The number of thioether (sulfide) groups is 1. The lowest BCUT2D eigenvalue weighted by Gasteiger charge is -2.05. The molecule has 0 fully saturated rings. The summed E-state index contributed by atoms with van der Waals surface area (Å²) >= 11 is 7.17. The Bertz CT molecular complexity index is 930. The number of nitrogens with zero attached hydrogens (tertiary/aromatic N) is 2. The van der Waals surface area contributed by atoms with E-state index < -0.39 is 0 Å². The number of nitrogens with one attached hydrogen (secondary N) is 2. The lowest BCUT2D eigenvalue weighted by molar-refractivity contribution is -0.113. The maximum Gasteiger partial charge on any atom is 0.234 e. The minimum absolute atomic E-state index is 0.148. The Morgan fingerprint density at radius 3 is 3.12 bits per heavy atom. The second-order valence-corrected chi connectivity index (χ2v) is 6.37. The monoisotopic (exact) mass is 362 g/mol. The Morgan fingerprint density at radius 2 is 2.21 bits per heavy atom. The Balaban J connectivity index is 1.39. The van der Waals surface area contributed by atoms with E-state index in [0.717, 1.165) is 5.52 Å². The van der Waals surface area contributed by atoms with Crippen molar-refractivity contribution in [2.45, 2.75) is 5.16 Å². The summed E-state index contributed by atoms with van der Waals surface area (Å²) in [5.41, 5.74) is 1.96. The summed E-state index contributed by atoms with van der Waals surface area (Å²) in [4.78, 5) is 23.6. The number of benzene rings is 1. The number of hydrogen-bond donors (Lipinski definition) is 2. The molecule has 0 unspecified atom stereocenters. The molecule has 122 valence electrons. The van der Waals surface area contributed by atoms with Gasteiger partial charge in [-0.3, -0.25) is 4.79 Å². The number of fused-ring (bicyclic) bond motifs is 2. The lowest BCUT2D eigenvalue weighted by Crippen LogP contribution is -2.14. The Morgan fingerprint density at radius 1 is 1.33 bits per heavy atom. The predicted molar refractivity (Wildman–Crippen MR) is 90.8 cm³/mol. The zero-order valence-corrected chi connectivity index (χ0v) is 13.8. The van der Waals surface area contributed by atoms with Crippen LogP contribution in [-0.4, -0.2) is 33.4 Å². The molecule has 0 aliphatic carbocycles. The summed E-state index contributed by atoms with van der Waals surface area (Å²) in [5, 5.41) is 3.95. The minimum Gasteiger partial charge on any atom is -0.454 e. The van der Waals surface area contributed by atoms with E-state index in [9.17, 15) is 4.79 Å². The Kier molecular flexibility index (Phi) is 3.91. The number of anilines is 1. The highest BCUT2D eigenvalue weighted by Crippen LogP contribution is 2.34. The Labute approximate surface area is 145 Å². The summed E-state index contributed by atoms with van der Waals surface area (Å²) < 4.78 is 10.5. The fourth-order valence-electron chi connectivity index (χ4n) is 2.23. The van der Waals surface area contributed by atoms with Crippen LogP contribution >= 0.6 is 23.4 Å². The number of halogens is 1. The largest absolute Gasteiger partial charge is 0.454 e. The molecule has 0 saturated carbocycles. The van der Waals surface area contributed by atoms with E-state index in [-0.39, 0.29) is 18.5 Å². The summed E-state index contributed by atoms with van der Waals surface area (Å²) in [6.45, 7) is 0.201. The van der Waals surface area contributed by atoms with E-state index in [1.165, 1.54) is 18.0 Å². The molecule has 1 aliphatic rings. The van der Waals surface area contributed by atoms with Gasteiger partial charge in [0.15, 0.2) is 22.3 Å². The summed E-state index contributed by atoms with van der Waals surface area (Å²) in [6.07, 6.45) is 1.53. The molecule has 24 heavy (non-hydrogen) atoms. The summed E-state index contributed by atoms with van der Waals surface area (Å²) in [5.74, 6) is 1.36. The van der Waals surface area contributed by atoms with Gasteiger partial charge < -0.3 is 19.8 Å². The zero-order chi connectivity index (χ0) is 16.5. The van der Waals surface area contributed by atoms with E-state index in [1.807, 2.05) is 0 Å². The number of carbonyl (C=O) groups excluding carboxylic acids is 1. The lowest BCUT2D eigenvalue weighted by atomic mass is 10.3. The SMILES string of the molecule is O=C(CSc1nc2ncc(Cl)cc2[nH]1)Nc1ccc2c(c1)OCO2. The number of pyridine rings is 1. The first-order chi connectivity index (χ1) is 11.7. The average molecular weight is 363 g/mol. The van der Waals surface area contributed by atoms with Crippen molar-refractivity contribution in [3.8, 4) is 11.5 Å². The molecule has 0 saturated heterocycles. The first-order valence-corrected chi connectivity index (χ1v) is 8.37. The molecule has 7 nitrogen and oxygen atoms in total. The molecule has 1 amide bonds. The van der Waals surface area contributed by atoms with E-state index in [0.29, 0.717) is 33.0 Å². The van der Waals surface area contributed by atoms with E-state index >= 15 is 0 Å². The zero-order valence-electron chi connectivity index (χ0n) is 12.2. The van der Waals surface area contributed by atoms with Gasteiger partial charge >= 0.3 is 0 Å². The molecule has 3 aromatic rings. The molecule has 0 radical (unpaired) electrons. The van der Waals surface area contributed by atoms with Crippen LogP contribution in [-0.2, 0) is 4.79 Å². The number of ether oxygens (including phenoxy) is 2. The first-order valence-electron chi connectivity index (χ1n) is 7.01. The molecule has 2 N–H and O–H groups in total. The quantitative estimate of drug-likeness (QED) is 0.693. The third-order valence-corrected chi connectivity index (χ3v) is 4.36. The van der Waals surface area contributed by atoms with Crippen molar-refractivity contribution >= 4 is 46.1 Å². The van der Waals surface area contributed by atoms with Crippen LogP contribution in [0.15, 0.2) is 35.6 Å². The highest BCUT2D eigenvalue weighted by atomic mass is 35.5. The molecule has 9 heteroatoms. The minimum atomic E-state index is -0.148. The van der Waals surface area contributed by atoms with E-state index in [4.69, 9.17) is 21.1 Å². The highest BCUT2D eigenvalue weighted by Gasteiger charge is 2.14. The fourth-order valence-corrected chi connectivity index (χ4v) is 3.06. The van der Waals surface area contributed by atoms with Crippen LogP contribution in [0.2, 0.25) is 5.02 Å². The van der Waals surface area contributed by atoms with Crippen molar-refractivity contribution in [2.24, 2.45) is 0 Å². The van der Waals surface area contributed by atoms with Crippen LogP contribution in [0.1, 0.15) is 0 Å². The number of hydrogen-bond acceptors (Lipinski definition) is 6. The molecule has 2 aromatic heterocycles. The number of rotatable bonds is 4. The number of imidazole rings is 1.